The zero-order valence-electron chi connectivity index (χ0n) is 14.6. The summed E-state index contributed by atoms with van der Waals surface area (Å²) in [5.41, 5.74) is 0.944. The lowest BCUT2D eigenvalue weighted by Gasteiger charge is -2.15. The van der Waals surface area contributed by atoms with Crippen molar-refractivity contribution in [3.8, 4) is 0 Å². The van der Waals surface area contributed by atoms with Gasteiger partial charge in [0.25, 0.3) is 0 Å². The van der Waals surface area contributed by atoms with Gasteiger partial charge in [-0.1, -0.05) is 30.3 Å². The molecule has 0 unspecified atom stereocenters. The molecule has 132 valence electrons. The lowest BCUT2D eigenvalue weighted by Crippen LogP contribution is -2.26. The molecule has 0 aliphatic heterocycles. The Morgan fingerprint density at radius 3 is 2.44 bits per heavy atom. The van der Waals surface area contributed by atoms with Crippen LogP contribution in [0, 0.1) is 6.92 Å². The molecule has 0 saturated carbocycles. The van der Waals surface area contributed by atoms with E-state index < -0.39 is 5.97 Å². The predicted molar refractivity (Wildman–Crippen MR) is 91.3 cm³/mol. The van der Waals surface area contributed by atoms with Crippen molar-refractivity contribution in [1.82, 2.24) is 4.90 Å². The molecule has 1 aromatic carbocycles. The fourth-order valence-electron chi connectivity index (χ4n) is 2.44. The number of amides is 1. The summed E-state index contributed by atoms with van der Waals surface area (Å²) in [5.74, 6) is 0.224. The zero-order chi connectivity index (χ0) is 18.4. The summed E-state index contributed by atoms with van der Waals surface area (Å²) in [6.45, 7) is 1.88. The van der Waals surface area contributed by atoms with Gasteiger partial charge in [-0.05, 0) is 13.0 Å². The molecular weight excluding hydrogens is 322 g/mol. The molecule has 0 aliphatic carbocycles. The molecule has 6 heteroatoms. The van der Waals surface area contributed by atoms with Crippen LogP contribution in [0.25, 0.3) is 0 Å². The van der Waals surface area contributed by atoms with Crippen LogP contribution in [0.1, 0.15) is 45.1 Å². The average molecular weight is 343 g/mol. The van der Waals surface area contributed by atoms with E-state index in [-0.39, 0.29) is 31.1 Å². The number of methoxy groups -OCH3 is 1. The fraction of sp³-hybridized carbons (Fsp3) is 0.316. The molecule has 0 spiro atoms. The van der Waals surface area contributed by atoms with Crippen molar-refractivity contribution < 1.29 is 23.5 Å². The number of carbonyl (C=O) groups is 3. The molecule has 0 N–H and O–H groups in total. The average Bonchev–Trinajstić information content (AvgIpc) is 2.99. The number of aryl methyl sites for hydroxylation is 1. The molecule has 1 amide bonds. The topological polar surface area (TPSA) is 76.8 Å². The zero-order valence-corrected chi connectivity index (χ0v) is 14.6. The Balaban J connectivity index is 1.90. The second-order valence-electron chi connectivity index (χ2n) is 5.71. The van der Waals surface area contributed by atoms with Crippen LogP contribution < -0.4 is 0 Å². The fourth-order valence-corrected chi connectivity index (χ4v) is 2.44. The number of esters is 1. The molecule has 6 nitrogen and oxygen atoms in total. The summed E-state index contributed by atoms with van der Waals surface area (Å²) >= 11 is 0. The van der Waals surface area contributed by atoms with Crippen molar-refractivity contribution in [2.45, 2.75) is 26.3 Å². The summed E-state index contributed by atoms with van der Waals surface area (Å²) in [6.07, 6.45) is 0.269. The van der Waals surface area contributed by atoms with E-state index >= 15 is 0 Å². The van der Waals surface area contributed by atoms with Crippen LogP contribution >= 0.6 is 0 Å². The number of carbonyl (C=O) groups excluding carboxylic acids is 3. The van der Waals surface area contributed by atoms with Gasteiger partial charge in [0.05, 0.1) is 13.7 Å². The van der Waals surface area contributed by atoms with Gasteiger partial charge in [-0.2, -0.15) is 0 Å². The van der Waals surface area contributed by atoms with Crippen molar-refractivity contribution in [3.63, 3.8) is 0 Å². The van der Waals surface area contributed by atoms with E-state index in [9.17, 15) is 14.4 Å². The second-order valence-corrected chi connectivity index (χ2v) is 5.71. The van der Waals surface area contributed by atoms with Crippen LogP contribution in [0.4, 0.5) is 0 Å². The first-order chi connectivity index (χ1) is 11.9. The number of Topliss-reactive ketones (excluding diaryl/α,β-unsaturated/α-hetero) is 1. The van der Waals surface area contributed by atoms with Gasteiger partial charge in [0.15, 0.2) is 5.78 Å². The maximum absolute atomic E-state index is 12.2. The maximum Gasteiger partial charge on any atom is 0.341 e. The first kappa shape index (κ1) is 18.4. The monoisotopic (exact) mass is 343 g/mol. The van der Waals surface area contributed by atoms with E-state index in [1.165, 1.54) is 12.0 Å². The number of nitrogens with zero attached hydrogens (tertiary/aromatic N) is 1. The minimum Gasteiger partial charge on any atom is -0.465 e. The van der Waals surface area contributed by atoms with Gasteiger partial charge in [0.2, 0.25) is 5.91 Å². The number of benzene rings is 1. The number of hydrogen-bond donors (Lipinski definition) is 0. The molecule has 2 rings (SSSR count). The Kier molecular flexibility index (Phi) is 6.11. The molecule has 1 aromatic heterocycles. The van der Waals surface area contributed by atoms with Crippen molar-refractivity contribution in [3.05, 3.63) is 59.0 Å². The SMILES string of the molecule is COC(=O)c1cc(CN(C)C(=O)CCC(=O)c2ccccc2)oc1C. The molecule has 0 aliphatic rings. The van der Waals surface area contributed by atoms with E-state index in [4.69, 9.17) is 4.42 Å². The van der Waals surface area contributed by atoms with Gasteiger partial charge >= 0.3 is 5.97 Å². The van der Waals surface area contributed by atoms with Gasteiger partial charge in [0, 0.05) is 25.5 Å². The molecular formula is C19H21NO5. The highest BCUT2D eigenvalue weighted by atomic mass is 16.5. The van der Waals surface area contributed by atoms with E-state index in [1.54, 1.807) is 44.3 Å². The third-order valence-corrected chi connectivity index (χ3v) is 3.85. The number of ether oxygens (including phenoxy) is 1. The highest BCUT2D eigenvalue weighted by molar-refractivity contribution is 5.97. The molecule has 0 atom stereocenters. The van der Waals surface area contributed by atoms with Crippen molar-refractivity contribution >= 4 is 17.7 Å². The van der Waals surface area contributed by atoms with E-state index in [0.29, 0.717) is 22.6 Å². The highest BCUT2D eigenvalue weighted by Crippen LogP contribution is 2.17. The summed E-state index contributed by atoms with van der Waals surface area (Å²) in [6, 6.07) is 10.5. The number of rotatable bonds is 7. The lowest BCUT2D eigenvalue weighted by atomic mass is 10.1. The van der Waals surface area contributed by atoms with Crippen LogP contribution in [0.5, 0.6) is 0 Å². The summed E-state index contributed by atoms with van der Waals surface area (Å²) in [4.78, 5) is 37.3. The summed E-state index contributed by atoms with van der Waals surface area (Å²) in [7, 11) is 2.93. The first-order valence-corrected chi connectivity index (χ1v) is 7.92. The van der Waals surface area contributed by atoms with E-state index in [1.807, 2.05) is 6.07 Å². The Labute approximate surface area is 146 Å². The smallest absolute Gasteiger partial charge is 0.341 e. The minimum absolute atomic E-state index is 0.0656. The van der Waals surface area contributed by atoms with E-state index in [0.717, 1.165) is 0 Å². The minimum atomic E-state index is -0.477. The number of ketones is 1. The highest BCUT2D eigenvalue weighted by Gasteiger charge is 2.18. The Morgan fingerprint density at radius 1 is 1.12 bits per heavy atom. The summed E-state index contributed by atoms with van der Waals surface area (Å²) in [5, 5.41) is 0. The molecule has 25 heavy (non-hydrogen) atoms. The first-order valence-electron chi connectivity index (χ1n) is 7.92. The van der Waals surface area contributed by atoms with Crippen LogP contribution in [0.15, 0.2) is 40.8 Å². The van der Waals surface area contributed by atoms with Crippen LogP contribution in [-0.4, -0.2) is 36.7 Å². The van der Waals surface area contributed by atoms with Crippen LogP contribution in [-0.2, 0) is 16.1 Å². The maximum atomic E-state index is 12.2. The number of hydrogen-bond acceptors (Lipinski definition) is 5. The van der Waals surface area contributed by atoms with Crippen molar-refractivity contribution in [2.75, 3.05) is 14.2 Å². The van der Waals surface area contributed by atoms with Crippen LogP contribution in [0.3, 0.4) is 0 Å². The normalized spacial score (nSPS) is 10.4. The lowest BCUT2D eigenvalue weighted by molar-refractivity contribution is -0.130. The number of furan rings is 1. The van der Waals surface area contributed by atoms with Gasteiger partial charge in [0.1, 0.15) is 17.1 Å². The predicted octanol–water partition coefficient (Wildman–Crippen LogP) is 3.00. The standard InChI is InChI=1S/C19H21NO5/c1-13-16(19(23)24-3)11-15(25-13)12-20(2)18(22)10-9-17(21)14-7-5-4-6-8-14/h4-8,11H,9-10,12H2,1-3H3. The molecule has 0 saturated heterocycles. The van der Waals surface area contributed by atoms with Gasteiger partial charge in [-0.3, -0.25) is 9.59 Å². The van der Waals surface area contributed by atoms with E-state index in [2.05, 4.69) is 4.74 Å². The third-order valence-electron chi connectivity index (χ3n) is 3.85. The molecule has 1 heterocycles. The third kappa shape index (κ3) is 4.79. The van der Waals surface area contributed by atoms with Crippen molar-refractivity contribution in [1.29, 1.82) is 0 Å². The molecule has 0 radical (unpaired) electrons. The van der Waals surface area contributed by atoms with Gasteiger partial charge in [-0.15, -0.1) is 0 Å². The van der Waals surface area contributed by atoms with Crippen molar-refractivity contribution in [2.24, 2.45) is 0 Å². The van der Waals surface area contributed by atoms with Gasteiger partial charge < -0.3 is 14.1 Å². The van der Waals surface area contributed by atoms with Crippen LogP contribution in [0.2, 0.25) is 0 Å². The largest absolute Gasteiger partial charge is 0.465 e. The second kappa shape index (κ2) is 8.28. The Bertz CT molecular complexity index is 763. The quantitative estimate of drug-likeness (QED) is 0.570. The molecule has 2 aromatic rings. The molecule has 0 bridgehead atoms. The van der Waals surface area contributed by atoms with Gasteiger partial charge in [-0.25, -0.2) is 4.79 Å². The summed E-state index contributed by atoms with van der Waals surface area (Å²) < 4.78 is 10.2. The Hall–Kier alpha value is -2.89. The Morgan fingerprint density at radius 2 is 1.80 bits per heavy atom. The molecule has 0 fully saturated rings.